The minimum atomic E-state index is -0.627. The zero-order valence-corrected chi connectivity index (χ0v) is 11.8. The number of piperidine rings is 1. The highest BCUT2D eigenvalue weighted by atomic mass is 16.5. The number of carbonyl (C=O) groups excluding carboxylic acids is 3. The molecule has 1 unspecified atom stereocenters. The summed E-state index contributed by atoms with van der Waals surface area (Å²) in [6.45, 7) is 0.393. The molecule has 6 heteroatoms. The van der Waals surface area contributed by atoms with E-state index in [2.05, 4.69) is 11.2 Å². The number of hydrogen-bond donors (Lipinski definition) is 1. The summed E-state index contributed by atoms with van der Waals surface area (Å²) in [6, 6.07) is 4.54. The Bertz CT molecular complexity index is 705. The highest BCUT2D eigenvalue weighted by Crippen LogP contribution is 2.33. The Morgan fingerprint density at radius 3 is 2.91 bits per heavy atom. The van der Waals surface area contributed by atoms with Crippen molar-refractivity contribution in [2.24, 2.45) is 0 Å². The Kier molecular flexibility index (Phi) is 3.55. The minimum Gasteiger partial charge on any atom is -0.481 e. The lowest BCUT2D eigenvalue weighted by molar-refractivity contribution is -0.136. The molecule has 6 nitrogen and oxygen atoms in total. The van der Waals surface area contributed by atoms with Crippen LogP contribution in [0, 0.1) is 12.3 Å². The van der Waals surface area contributed by atoms with Crippen LogP contribution in [0.2, 0.25) is 0 Å². The maximum Gasteiger partial charge on any atom is 0.255 e. The summed E-state index contributed by atoms with van der Waals surface area (Å²) in [6.07, 6.45) is 5.76. The number of fused-ring (bicyclic) bond motifs is 1. The number of rotatable bonds is 3. The molecule has 0 saturated carbocycles. The molecule has 2 aliphatic heterocycles. The Balaban J connectivity index is 1.86. The predicted octanol–water partition coefficient (Wildman–Crippen LogP) is 0.460. The van der Waals surface area contributed by atoms with Gasteiger partial charge in [0.1, 0.15) is 18.4 Å². The number of ether oxygens (including phenoxy) is 1. The molecule has 1 saturated heterocycles. The summed E-state index contributed by atoms with van der Waals surface area (Å²) in [5.74, 6) is 1.98. The van der Waals surface area contributed by atoms with Gasteiger partial charge in [-0.05, 0) is 18.6 Å². The highest BCUT2D eigenvalue weighted by Gasteiger charge is 2.40. The third-order valence-electron chi connectivity index (χ3n) is 3.85. The molecule has 2 heterocycles. The molecule has 1 N–H and O–H groups in total. The van der Waals surface area contributed by atoms with Gasteiger partial charge in [0.25, 0.3) is 5.91 Å². The summed E-state index contributed by atoms with van der Waals surface area (Å²) in [7, 11) is 0. The van der Waals surface area contributed by atoms with Gasteiger partial charge in [-0.2, -0.15) is 0 Å². The molecule has 0 spiro atoms. The van der Waals surface area contributed by atoms with Crippen LogP contribution in [-0.4, -0.2) is 35.3 Å². The van der Waals surface area contributed by atoms with E-state index in [0.29, 0.717) is 17.7 Å². The quantitative estimate of drug-likeness (QED) is 0.650. The molecule has 0 bridgehead atoms. The first-order valence-corrected chi connectivity index (χ1v) is 6.94. The standard InChI is InChI=1S/C16H14N2O4/c1-2-8-22-13-5-3-4-10-11(13)9-18(16(10)21)12-6-7-14(19)17-15(12)20/h1,3-5,12H,6-9H2,(H,17,19,20). The minimum absolute atomic E-state index is 0.114. The number of nitrogens with one attached hydrogen (secondary N) is 1. The van der Waals surface area contributed by atoms with Crippen LogP contribution in [0.15, 0.2) is 18.2 Å². The number of carbonyl (C=O) groups is 3. The van der Waals surface area contributed by atoms with E-state index in [9.17, 15) is 14.4 Å². The van der Waals surface area contributed by atoms with Crippen molar-refractivity contribution in [3.63, 3.8) is 0 Å². The van der Waals surface area contributed by atoms with E-state index in [-0.39, 0.29) is 31.4 Å². The number of imide groups is 1. The van der Waals surface area contributed by atoms with Crippen molar-refractivity contribution in [1.82, 2.24) is 10.2 Å². The maximum absolute atomic E-state index is 12.5. The molecule has 1 aromatic rings. The fourth-order valence-corrected chi connectivity index (χ4v) is 2.81. The number of terminal acetylenes is 1. The largest absolute Gasteiger partial charge is 0.481 e. The summed E-state index contributed by atoms with van der Waals surface area (Å²) >= 11 is 0. The molecule has 0 radical (unpaired) electrons. The van der Waals surface area contributed by atoms with Crippen molar-refractivity contribution in [2.75, 3.05) is 6.61 Å². The molecule has 3 amide bonds. The summed E-state index contributed by atoms with van der Waals surface area (Å²) < 4.78 is 5.46. The van der Waals surface area contributed by atoms with Crippen molar-refractivity contribution in [3.8, 4) is 18.1 Å². The van der Waals surface area contributed by atoms with Crippen molar-refractivity contribution in [3.05, 3.63) is 29.3 Å². The van der Waals surface area contributed by atoms with Gasteiger partial charge in [0.15, 0.2) is 0 Å². The van der Waals surface area contributed by atoms with Crippen LogP contribution in [0.4, 0.5) is 0 Å². The second kappa shape index (κ2) is 5.53. The normalized spacial score (nSPS) is 20.4. The molecule has 112 valence electrons. The lowest BCUT2D eigenvalue weighted by Crippen LogP contribution is -2.52. The van der Waals surface area contributed by atoms with Crippen molar-refractivity contribution in [2.45, 2.75) is 25.4 Å². The fraction of sp³-hybridized carbons (Fsp3) is 0.312. The smallest absolute Gasteiger partial charge is 0.255 e. The first-order valence-electron chi connectivity index (χ1n) is 6.94. The Hall–Kier alpha value is -2.81. The van der Waals surface area contributed by atoms with Crippen molar-refractivity contribution < 1.29 is 19.1 Å². The summed E-state index contributed by atoms with van der Waals surface area (Å²) in [4.78, 5) is 37.2. The average molecular weight is 298 g/mol. The Morgan fingerprint density at radius 2 is 2.18 bits per heavy atom. The molecule has 3 rings (SSSR count). The van der Waals surface area contributed by atoms with Gasteiger partial charge in [0.2, 0.25) is 11.8 Å². The third kappa shape index (κ3) is 2.31. The van der Waals surface area contributed by atoms with Crippen LogP contribution < -0.4 is 10.1 Å². The van der Waals surface area contributed by atoms with E-state index < -0.39 is 11.9 Å². The first-order chi connectivity index (χ1) is 10.6. The van der Waals surface area contributed by atoms with Gasteiger partial charge in [0.05, 0.1) is 6.54 Å². The number of benzene rings is 1. The maximum atomic E-state index is 12.5. The van der Waals surface area contributed by atoms with E-state index in [4.69, 9.17) is 11.2 Å². The monoisotopic (exact) mass is 298 g/mol. The molecule has 1 aromatic carbocycles. The molecular weight excluding hydrogens is 284 g/mol. The molecule has 0 aliphatic carbocycles. The van der Waals surface area contributed by atoms with Crippen LogP contribution in [0.3, 0.4) is 0 Å². The third-order valence-corrected chi connectivity index (χ3v) is 3.85. The molecule has 22 heavy (non-hydrogen) atoms. The van der Waals surface area contributed by atoms with Crippen LogP contribution in [0.5, 0.6) is 5.75 Å². The van der Waals surface area contributed by atoms with Gasteiger partial charge >= 0.3 is 0 Å². The SMILES string of the molecule is C#CCOc1cccc2c1CN(C1CCC(=O)NC1=O)C2=O. The molecule has 1 fully saturated rings. The van der Waals surface area contributed by atoms with Crippen LogP contribution in [0.1, 0.15) is 28.8 Å². The summed E-state index contributed by atoms with van der Waals surface area (Å²) in [5, 5.41) is 2.27. The van der Waals surface area contributed by atoms with Gasteiger partial charge in [-0.25, -0.2) is 0 Å². The van der Waals surface area contributed by atoms with Crippen LogP contribution in [-0.2, 0) is 16.1 Å². The van der Waals surface area contributed by atoms with Gasteiger partial charge in [-0.1, -0.05) is 12.0 Å². The zero-order chi connectivity index (χ0) is 15.7. The fourth-order valence-electron chi connectivity index (χ4n) is 2.81. The van der Waals surface area contributed by atoms with E-state index in [1.807, 2.05) is 0 Å². The lowest BCUT2D eigenvalue weighted by Gasteiger charge is -2.29. The van der Waals surface area contributed by atoms with Gasteiger partial charge < -0.3 is 9.64 Å². The Labute approximate surface area is 127 Å². The molecule has 0 aromatic heterocycles. The van der Waals surface area contributed by atoms with E-state index in [1.165, 1.54) is 4.90 Å². The van der Waals surface area contributed by atoms with Crippen molar-refractivity contribution in [1.29, 1.82) is 0 Å². The lowest BCUT2D eigenvalue weighted by atomic mass is 10.0. The Morgan fingerprint density at radius 1 is 1.36 bits per heavy atom. The van der Waals surface area contributed by atoms with Crippen LogP contribution >= 0.6 is 0 Å². The number of nitrogens with zero attached hydrogens (tertiary/aromatic N) is 1. The first kappa shape index (κ1) is 14.1. The number of amides is 3. The zero-order valence-electron chi connectivity index (χ0n) is 11.8. The second-order valence-corrected chi connectivity index (χ2v) is 5.18. The van der Waals surface area contributed by atoms with Crippen molar-refractivity contribution >= 4 is 17.7 Å². The van der Waals surface area contributed by atoms with E-state index in [0.717, 1.165) is 5.56 Å². The van der Waals surface area contributed by atoms with Gasteiger partial charge in [0, 0.05) is 17.5 Å². The van der Waals surface area contributed by atoms with E-state index >= 15 is 0 Å². The van der Waals surface area contributed by atoms with Gasteiger partial charge in [-0.15, -0.1) is 6.42 Å². The average Bonchev–Trinajstić information content (AvgIpc) is 2.83. The molecule has 2 aliphatic rings. The second-order valence-electron chi connectivity index (χ2n) is 5.18. The van der Waals surface area contributed by atoms with E-state index in [1.54, 1.807) is 18.2 Å². The number of hydrogen-bond acceptors (Lipinski definition) is 4. The highest BCUT2D eigenvalue weighted by molar-refractivity contribution is 6.05. The molecular formula is C16H14N2O4. The molecule has 1 atom stereocenters. The van der Waals surface area contributed by atoms with Gasteiger partial charge in [-0.3, -0.25) is 19.7 Å². The topological polar surface area (TPSA) is 75.7 Å². The summed E-state index contributed by atoms with van der Waals surface area (Å²) in [5.41, 5.74) is 1.24. The van der Waals surface area contributed by atoms with Crippen LogP contribution in [0.25, 0.3) is 0 Å². The predicted molar refractivity (Wildman–Crippen MR) is 76.8 cm³/mol.